The van der Waals surface area contributed by atoms with Crippen LogP contribution in [0.2, 0.25) is 0 Å². The van der Waals surface area contributed by atoms with Crippen LogP contribution in [-0.4, -0.2) is 17.7 Å². The van der Waals surface area contributed by atoms with E-state index in [1.165, 1.54) is 6.42 Å². The molecule has 3 unspecified atom stereocenters. The van der Waals surface area contributed by atoms with E-state index in [0.29, 0.717) is 11.8 Å². The third-order valence-electron chi connectivity index (χ3n) is 4.80. The number of aliphatic hydroxyl groups excluding tert-OH is 1. The normalized spacial score (nSPS) is 41.9. The molecule has 3 heteroatoms. The Morgan fingerprint density at radius 1 is 1.47 bits per heavy atom. The molecule has 0 aromatic carbocycles. The minimum atomic E-state index is -0.238. The molecule has 0 aliphatic heterocycles. The van der Waals surface area contributed by atoms with Gasteiger partial charge >= 0.3 is 0 Å². The second-order valence-corrected chi connectivity index (χ2v) is 5.80. The fourth-order valence-electron chi connectivity index (χ4n) is 3.85. The Balaban J connectivity index is 2.21. The van der Waals surface area contributed by atoms with Crippen LogP contribution in [0.4, 0.5) is 0 Å². The molecule has 2 N–H and O–H groups in total. The number of amides is 1. The van der Waals surface area contributed by atoms with Gasteiger partial charge in [0.25, 0.3) is 0 Å². The van der Waals surface area contributed by atoms with Gasteiger partial charge in [-0.2, -0.15) is 0 Å². The van der Waals surface area contributed by atoms with Crippen molar-refractivity contribution in [1.82, 2.24) is 5.32 Å². The van der Waals surface area contributed by atoms with Crippen LogP contribution in [-0.2, 0) is 4.79 Å². The molecule has 0 aromatic rings. The minimum Gasteiger partial charge on any atom is -0.377 e. The summed E-state index contributed by atoms with van der Waals surface area (Å²) in [6, 6.07) is 0. The second-order valence-electron chi connectivity index (χ2n) is 5.80. The first-order valence-electron chi connectivity index (χ1n) is 5.86. The Labute approximate surface area is 91.2 Å². The van der Waals surface area contributed by atoms with Crippen molar-refractivity contribution < 1.29 is 9.90 Å². The fraction of sp³-hybridized carbons (Fsp3) is 0.917. The number of hydrogen-bond donors (Lipinski definition) is 2. The summed E-state index contributed by atoms with van der Waals surface area (Å²) in [7, 11) is 0. The van der Waals surface area contributed by atoms with E-state index < -0.39 is 0 Å². The molecule has 3 atom stereocenters. The van der Waals surface area contributed by atoms with Crippen LogP contribution >= 0.6 is 0 Å². The zero-order chi connectivity index (χ0) is 11.3. The van der Waals surface area contributed by atoms with Crippen LogP contribution < -0.4 is 5.32 Å². The van der Waals surface area contributed by atoms with Gasteiger partial charge in [-0.15, -0.1) is 0 Å². The van der Waals surface area contributed by atoms with Gasteiger partial charge in [0.05, 0.1) is 5.41 Å². The molecule has 0 radical (unpaired) electrons. The quantitative estimate of drug-likeness (QED) is 0.680. The zero-order valence-corrected chi connectivity index (χ0v) is 9.84. The van der Waals surface area contributed by atoms with Gasteiger partial charge in [0.2, 0.25) is 5.91 Å². The standard InChI is InChI=1S/C12H21NO2/c1-8-4-5-9-11(2,3)12(9,6-8)10(15)13-7-14/h8-9,14H,4-7H2,1-3H3,(H,13,15). The number of carbonyl (C=O) groups excluding carboxylic acids is 1. The maximum absolute atomic E-state index is 12.1. The molecule has 0 spiro atoms. The Morgan fingerprint density at radius 2 is 2.13 bits per heavy atom. The molecule has 3 nitrogen and oxygen atoms in total. The summed E-state index contributed by atoms with van der Waals surface area (Å²) in [5.41, 5.74) is -0.0651. The monoisotopic (exact) mass is 211 g/mol. The largest absolute Gasteiger partial charge is 0.377 e. The molecule has 0 bridgehead atoms. The van der Waals surface area contributed by atoms with E-state index in [-0.39, 0.29) is 23.5 Å². The van der Waals surface area contributed by atoms with Gasteiger partial charge in [0.15, 0.2) is 0 Å². The molecular formula is C12H21NO2. The molecule has 86 valence electrons. The van der Waals surface area contributed by atoms with Crippen LogP contribution in [0.1, 0.15) is 40.0 Å². The average molecular weight is 211 g/mol. The highest BCUT2D eigenvalue weighted by Gasteiger charge is 2.75. The lowest BCUT2D eigenvalue weighted by Crippen LogP contribution is -2.38. The number of nitrogens with one attached hydrogen (secondary N) is 1. The maximum Gasteiger partial charge on any atom is 0.228 e. The molecule has 0 saturated heterocycles. The predicted octanol–water partition coefficient (Wildman–Crippen LogP) is 1.51. The molecular weight excluding hydrogens is 190 g/mol. The fourth-order valence-corrected chi connectivity index (χ4v) is 3.85. The number of carbonyl (C=O) groups is 1. The molecule has 2 saturated carbocycles. The van der Waals surface area contributed by atoms with Gasteiger partial charge in [0.1, 0.15) is 6.73 Å². The maximum atomic E-state index is 12.1. The van der Waals surface area contributed by atoms with Gasteiger partial charge in [-0.1, -0.05) is 27.2 Å². The first-order valence-corrected chi connectivity index (χ1v) is 5.86. The lowest BCUT2D eigenvalue weighted by molar-refractivity contribution is -0.130. The highest BCUT2D eigenvalue weighted by Crippen LogP contribution is 2.75. The van der Waals surface area contributed by atoms with Gasteiger partial charge in [0, 0.05) is 0 Å². The Morgan fingerprint density at radius 3 is 2.73 bits per heavy atom. The summed E-state index contributed by atoms with van der Waals surface area (Å²) in [6.45, 7) is 6.36. The van der Waals surface area contributed by atoms with Crippen LogP contribution in [0.15, 0.2) is 0 Å². The van der Waals surface area contributed by atoms with E-state index in [9.17, 15) is 4.79 Å². The highest BCUT2D eigenvalue weighted by atomic mass is 16.3. The summed E-state index contributed by atoms with van der Waals surface area (Å²) in [5, 5.41) is 11.4. The molecule has 2 rings (SSSR count). The number of aliphatic hydroxyl groups is 1. The summed E-state index contributed by atoms with van der Waals surface area (Å²) < 4.78 is 0. The van der Waals surface area contributed by atoms with Crippen molar-refractivity contribution in [3.8, 4) is 0 Å². The van der Waals surface area contributed by atoms with Crippen molar-refractivity contribution >= 4 is 5.91 Å². The first-order chi connectivity index (χ1) is 6.96. The van der Waals surface area contributed by atoms with Crippen LogP contribution in [0.3, 0.4) is 0 Å². The molecule has 0 heterocycles. The smallest absolute Gasteiger partial charge is 0.228 e. The van der Waals surface area contributed by atoms with Gasteiger partial charge in [-0.3, -0.25) is 4.79 Å². The van der Waals surface area contributed by atoms with Crippen molar-refractivity contribution in [2.75, 3.05) is 6.73 Å². The molecule has 1 amide bonds. The van der Waals surface area contributed by atoms with Crippen LogP contribution in [0.25, 0.3) is 0 Å². The van der Waals surface area contributed by atoms with Crippen LogP contribution in [0.5, 0.6) is 0 Å². The Kier molecular flexibility index (Phi) is 2.34. The molecule has 2 aliphatic carbocycles. The summed E-state index contributed by atoms with van der Waals surface area (Å²) >= 11 is 0. The SMILES string of the molecule is CC1CCC2C(C)(C)C2(C(=O)NCO)C1. The summed E-state index contributed by atoms with van der Waals surface area (Å²) in [5.74, 6) is 1.21. The Hall–Kier alpha value is -0.570. The molecule has 2 aliphatic rings. The topological polar surface area (TPSA) is 49.3 Å². The van der Waals surface area contributed by atoms with E-state index in [1.54, 1.807) is 0 Å². The number of fused-ring (bicyclic) bond motifs is 1. The lowest BCUT2D eigenvalue weighted by Gasteiger charge is -2.26. The van der Waals surface area contributed by atoms with Crippen LogP contribution in [0, 0.1) is 22.7 Å². The van der Waals surface area contributed by atoms with E-state index in [0.717, 1.165) is 12.8 Å². The minimum absolute atomic E-state index is 0.0616. The first kappa shape index (κ1) is 10.9. The predicted molar refractivity (Wildman–Crippen MR) is 57.9 cm³/mol. The lowest BCUT2D eigenvalue weighted by atomic mass is 9.80. The average Bonchev–Trinajstić information content (AvgIpc) is 2.65. The van der Waals surface area contributed by atoms with Gasteiger partial charge < -0.3 is 10.4 Å². The summed E-state index contributed by atoms with van der Waals surface area (Å²) in [6.07, 6.45) is 3.38. The van der Waals surface area contributed by atoms with Crippen molar-refractivity contribution in [2.45, 2.75) is 40.0 Å². The second kappa shape index (κ2) is 3.21. The zero-order valence-electron chi connectivity index (χ0n) is 9.84. The molecule has 2 fully saturated rings. The van der Waals surface area contributed by atoms with Crippen molar-refractivity contribution in [3.63, 3.8) is 0 Å². The van der Waals surface area contributed by atoms with E-state index in [4.69, 9.17) is 5.11 Å². The summed E-state index contributed by atoms with van der Waals surface area (Å²) in [4.78, 5) is 12.1. The highest BCUT2D eigenvalue weighted by molar-refractivity contribution is 5.87. The van der Waals surface area contributed by atoms with Gasteiger partial charge in [-0.05, 0) is 30.1 Å². The van der Waals surface area contributed by atoms with Crippen molar-refractivity contribution in [3.05, 3.63) is 0 Å². The van der Waals surface area contributed by atoms with E-state index in [1.807, 2.05) is 0 Å². The van der Waals surface area contributed by atoms with Crippen molar-refractivity contribution in [2.24, 2.45) is 22.7 Å². The van der Waals surface area contributed by atoms with Crippen molar-refractivity contribution in [1.29, 1.82) is 0 Å². The number of rotatable bonds is 2. The molecule has 15 heavy (non-hydrogen) atoms. The van der Waals surface area contributed by atoms with E-state index in [2.05, 4.69) is 26.1 Å². The van der Waals surface area contributed by atoms with E-state index >= 15 is 0 Å². The van der Waals surface area contributed by atoms with Gasteiger partial charge in [-0.25, -0.2) is 0 Å². The molecule has 0 aromatic heterocycles. The third kappa shape index (κ3) is 1.25. The third-order valence-corrected chi connectivity index (χ3v) is 4.80. The number of hydrogen-bond acceptors (Lipinski definition) is 2. The Bertz CT molecular complexity index is 287.